The molecule has 2 atom stereocenters. The molecule has 5 nitrogen and oxygen atoms in total. The largest absolute Gasteiger partial charge is 0.393 e. The predicted molar refractivity (Wildman–Crippen MR) is 47.5 cm³/mol. The molecule has 0 bridgehead atoms. The molecule has 0 amide bonds. The zero-order valence-corrected chi connectivity index (χ0v) is 7.77. The Kier molecular flexibility index (Phi) is 3.13. The van der Waals surface area contributed by atoms with Gasteiger partial charge in [-0.05, 0) is 12.1 Å². The molecule has 0 spiro atoms. The SMILES string of the molecule is CC(O)CC(C)[n+]1cc(N=O)c[nH]1. The van der Waals surface area contributed by atoms with Gasteiger partial charge in [0.15, 0.2) is 11.7 Å². The fourth-order valence-corrected chi connectivity index (χ4v) is 1.27. The summed E-state index contributed by atoms with van der Waals surface area (Å²) in [5.74, 6) is 0. The van der Waals surface area contributed by atoms with Crippen molar-refractivity contribution < 1.29 is 9.79 Å². The van der Waals surface area contributed by atoms with Crippen LogP contribution in [0.5, 0.6) is 0 Å². The van der Waals surface area contributed by atoms with E-state index in [-0.39, 0.29) is 12.1 Å². The van der Waals surface area contributed by atoms with Gasteiger partial charge in [0.2, 0.25) is 6.20 Å². The normalized spacial score (nSPS) is 15.3. The third-order valence-electron chi connectivity index (χ3n) is 1.90. The average Bonchev–Trinajstić information content (AvgIpc) is 2.50. The summed E-state index contributed by atoms with van der Waals surface area (Å²) in [4.78, 5) is 10.1. The molecule has 1 heterocycles. The summed E-state index contributed by atoms with van der Waals surface area (Å²) in [6.07, 6.45) is 3.45. The second kappa shape index (κ2) is 4.13. The minimum absolute atomic E-state index is 0.135. The van der Waals surface area contributed by atoms with Gasteiger partial charge in [-0.2, -0.15) is 5.10 Å². The molecular weight excluding hydrogens is 170 g/mol. The molecule has 1 aromatic rings. The molecule has 1 rings (SSSR count). The number of hydrogen-bond acceptors (Lipinski definition) is 3. The van der Waals surface area contributed by atoms with E-state index in [0.29, 0.717) is 12.1 Å². The summed E-state index contributed by atoms with van der Waals surface area (Å²) in [7, 11) is 0. The number of H-pyrrole nitrogens is 1. The Balaban J connectivity index is 2.65. The van der Waals surface area contributed by atoms with Crippen molar-refractivity contribution in [2.75, 3.05) is 0 Å². The Morgan fingerprint density at radius 3 is 2.85 bits per heavy atom. The molecule has 0 saturated heterocycles. The molecule has 13 heavy (non-hydrogen) atoms. The fourth-order valence-electron chi connectivity index (χ4n) is 1.27. The van der Waals surface area contributed by atoms with Gasteiger partial charge in [0.05, 0.1) is 12.3 Å². The molecule has 72 valence electrons. The molecule has 0 saturated carbocycles. The highest BCUT2D eigenvalue weighted by atomic mass is 16.3. The average molecular weight is 184 g/mol. The molecule has 0 aliphatic rings. The van der Waals surface area contributed by atoms with Crippen molar-refractivity contribution in [2.24, 2.45) is 5.18 Å². The van der Waals surface area contributed by atoms with Crippen LogP contribution in [-0.4, -0.2) is 16.3 Å². The van der Waals surface area contributed by atoms with Crippen LogP contribution in [0.1, 0.15) is 26.3 Å². The van der Waals surface area contributed by atoms with Gasteiger partial charge in [-0.1, -0.05) is 0 Å². The molecular formula is C8H14N3O2+. The van der Waals surface area contributed by atoms with Crippen molar-refractivity contribution in [3.8, 4) is 0 Å². The maximum absolute atomic E-state index is 10.1. The second-order valence-electron chi connectivity index (χ2n) is 3.26. The van der Waals surface area contributed by atoms with Crippen molar-refractivity contribution >= 4 is 5.69 Å². The fraction of sp³-hybridized carbons (Fsp3) is 0.625. The van der Waals surface area contributed by atoms with Gasteiger partial charge >= 0.3 is 0 Å². The zero-order valence-electron chi connectivity index (χ0n) is 7.77. The van der Waals surface area contributed by atoms with Crippen LogP contribution in [0.25, 0.3) is 0 Å². The van der Waals surface area contributed by atoms with E-state index in [1.807, 2.05) is 6.92 Å². The van der Waals surface area contributed by atoms with Crippen molar-refractivity contribution in [1.82, 2.24) is 5.10 Å². The Labute approximate surface area is 76.4 Å². The van der Waals surface area contributed by atoms with Crippen molar-refractivity contribution in [3.05, 3.63) is 17.3 Å². The van der Waals surface area contributed by atoms with Gasteiger partial charge in [0, 0.05) is 13.3 Å². The summed E-state index contributed by atoms with van der Waals surface area (Å²) in [6, 6.07) is 0.135. The van der Waals surface area contributed by atoms with E-state index in [0.717, 1.165) is 0 Å². The second-order valence-corrected chi connectivity index (χ2v) is 3.26. The number of nitrogens with zero attached hydrogens (tertiary/aromatic N) is 2. The highest BCUT2D eigenvalue weighted by molar-refractivity contribution is 5.26. The van der Waals surface area contributed by atoms with Gasteiger partial charge in [0.1, 0.15) is 0 Å². The van der Waals surface area contributed by atoms with Gasteiger partial charge in [-0.3, -0.25) is 0 Å². The molecule has 2 unspecified atom stereocenters. The summed E-state index contributed by atoms with van der Waals surface area (Å²) in [6.45, 7) is 3.69. The summed E-state index contributed by atoms with van der Waals surface area (Å²) in [5, 5.41) is 14.8. The van der Waals surface area contributed by atoms with E-state index in [1.165, 1.54) is 6.20 Å². The molecule has 5 heteroatoms. The minimum atomic E-state index is -0.349. The van der Waals surface area contributed by atoms with E-state index >= 15 is 0 Å². The molecule has 0 aliphatic heterocycles. The molecule has 1 aromatic heterocycles. The van der Waals surface area contributed by atoms with E-state index in [9.17, 15) is 4.91 Å². The van der Waals surface area contributed by atoms with Gasteiger partial charge in [-0.25, -0.2) is 0 Å². The lowest BCUT2D eigenvalue weighted by Crippen LogP contribution is -2.40. The lowest BCUT2D eigenvalue weighted by Gasteiger charge is -2.05. The van der Waals surface area contributed by atoms with Crippen LogP contribution in [0.15, 0.2) is 17.6 Å². The lowest BCUT2D eigenvalue weighted by molar-refractivity contribution is -0.771. The first-order valence-electron chi connectivity index (χ1n) is 4.24. The maximum Gasteiger partial charge on any atom is 0.224 e. The van der Waals surface area contributed by atoms with Crippen LogP contribution in [-0.2, 0) is 0 Å². The van der Waals surface area contributed by atoms with Gasteiger partial charge in [-0.15, -0.1) is 9.59 Å². The monoisotopic (exact) mass is 184 g/mol. The summed E-state index contributed by atoms with van der Waals surface area (Å²) in [5.41, 5.74) is 0.373. The molecule has 0 aliphatic carbocycles. The van der Waals surface area contributed by atoms with Crippen molar-refractivity contribution in [2.45, 2.75) is 32.4 Å². The Morgan fingerprint density at radius 2 is 2.38 bits per heavy atom. The van der Waals surface area contributed by atoms with Gasteiger partial charge in [0.25, 0.3) is 0 Å². The summed E-state index contributed by atoms with van der Waals surface area (Å²) < 4.78 is 1.75. The van der Waals surface area contributed by atoms with Gasteiger partial charge < -0.3 is 5.11 Å². The van der Waals surface area contributed by atoms with Crippen LogP contribution >= 0.6 is 0 Å². The van der Waals surface area contributed by atoms with Crippen LogP contribution in [0.3, 0.4) is 0 Å². The minimum Gasteiger partial charge on any atom is -0.393 e. The third-order valence-corrected chi connectivity index (χ3v) is 1.90. The number of nitroso groups, excluding NO2 is 1. The number of nitrogens with one attached hydrogen (secondary N) is 1. The number of aliphatic hydroxyl groups excluding tert-OH is 1. The highest BCUT2D eigenvalue weighted by Gasteiger charge is 2.17. The topological polar surface area (TPSA) is 69.3 Å². The lowest BCUT2D eigenvalue weighted by atomic mass is 10.2. The standard InChI is InChI=1S/C8H13N3O2/c1-6(3-7(2)12)11-5-8(10-13)4-9-11/h4-7,12H,3H2,1-2H3/p+1. The number of aromatic amines is 1. The predicted octanol–water partition coefficient (Wildman–Crippen LogP) is 1.03. The first kappa shape index (κ1) is 9.85. The number of aromatic nitrogens is 2. The number of aliphatic hydroxyl groups is 1. The van der Waals surface area contributed by atoms with E-state index in [4.69, 9.17) is 5.11 Å². The summed E-state index contributed by atoms with van der Waals surface area (Å²) >= 11 is 0. The van der Waals surface area contributed by atoms with E-state index in [1.54, 1.807) is 17.8 Å². The maximum atomic E-state index is 10.1. The molecule has 0 fully saturated rings. The first-order valence-corrected chi connectivity index (χ1v) is 4.24. The smallest absolute Gasteiger partial charge is 0.224 e. The van der Waals surface area contributed by atoms with Crippen molar-refractivity contribution in [3.63, 3.8) is 0 Å². The van der Waals surface area contributed by atoms with Crippen LogP contribution in [0.2, 0.25) is 0 Å². The highest BCUT2D eigenvalue weighted by Crippen LogP contribution is 2.09. The number of rotatable bonds is 4. The molecule has 0 radical (unpaired) electrons. The number of hydrogen-bond donors (Lipinski definition) is 2. The molecule has 2 N–H and O–H groups in total. The Bertz CT molecular complexity index is 283. The van der Waals surface area contributed by atoms with Crippen LogP contribution in [0.4, 0.5) is 5.69 Å². The quantitative estimate of drug-likeness (QED) is 0.542. The van der Waals surface area contributed by atoms with E-state index in [2.05, 4.69) is 10.3 Å². The zero-order chi connectivity index (χ0) is 9.84. The van der Waals surface area contributed by atoms with Crippen LogP contribution in [0, 0.1) is 4.91 Å². The van der Waals surface area contributed by atoms with Crippen molar-refractivity contribution in [1.29, 1.82) is 0 Å². The molecule has 0 aromatic carbocycles. The van der Waals surface area contributed by atoms with Crippen LogP contribution < -0.4 is 4.68 Å². The first-order chi connectivity index (χ1) is 6.13. The van der Waals surface area contributed by atoms with E-state index < -0.39 is 0 Å². The third kappa shape index (κ3) is 2.62. The Morgan fingerprint density at radius 1 is 1.69 bits per heavy atom. The Hall–Kier alpha value is -1.23.